The van der Waals surface area contributed by atoms with Crippen molar-refractivity contribution in [3.05, 3.63) is 97.6 Å². The molecular formula is C48H54Cl2FN7O5. The van der Waals surface area contributed by atoms with E-state index >= 15 is 4.39 Å². The fourth-order valence-corrected chi connectivity index (χ4v) is 13.0. The van der Waals surface area contributed by atoms with Crippen LogP contribution >= 0.6 is 23.2 Å². The number of hydrogen-bond donors (Lipinski definition) is 4. The van der Waals surface area contributed by atoms with Crippen molar-refractivity contribution < 1.29 is 23.6 Å². The lowest BCUT2D eigenvalue weighted by atomic mass is 9.55. The lowest BCUT2D eigenvalue weighted by Crippen LogP contribution is -2.60. The van der Waals surface area contributed by atoms with Crippen molar-refractivity contribution in [3.63, 3.8) is 0 Å². The molecule has 5 fully saturated rings. The normalized spacial score (nSPS) is 28.7. The van der Waals surface area contributed by atoms with Crippen LogP contribution < -0.4 is 27.0 Å². The highest BCUT2D eigenvalue weighted by molar-refractivity contribution is 6.31. The number of aryl methyl sites for hydroxylation is 1. The largest absolute Gasteiger partial charge is 0.352 e. The summed E-state index contributed by atoms with van der Waals surface area (Å²) in [5.74, 6) is -1.80. The fraction of sp³-hybridized carbons (Fsp3) is 0.521. The van der Waals surface area contributed by atoms with E-state index < -0.39 is 40.7 Å². The number of imide groups is 1. The molecule has 2 aliphatic carbocycles. The maximum Gasteiger partial charge on any atom is 0.329 e. The summed E-state index contributed by atoms with van der Waals surface area (Å²) in [5.41, 5.74) is 1.98. The van der Waals surface area contributed by atoms with E-state index in [1.807, 2.05) is 12.1 Å². The molecule has 2 saturated carbocycles. The third kappa shape index (κ3) is 7.03. The third-order valence-corrected chi connectivity index (χ3v) is 16.2. The minimum atomic E-state index is -1.26. The number of hydrogen-bond acceptors (Lipinski definition) is 7. The van der Waals surface area contributed by atoms with Crippen LogP contribution in [0.4, 0.5) is 10.1 Å². The summed E-state index contributed by atoms with van der Waals surface area (Å²) in [4.78, 5) is 69.7. The van der Waals surface area contributed by atoms with Crippen molar-refractivity contribution in [1.29, 1.82) is 0 Å². The number of carbonyl (C=O) groups excluding carboxylic acids is 4. The first-order valence-electron chi connectivity index (χ1n) is 22.8. The molecule has 6 aliphatic rings. The van der Waals surface area contributed by atoms with Gasteiger partial charge in [-0.25, -0.2) is 9.18 Å². The number of anilines is 1. The molecule has 4 atom stereocenters. The first kappa shape index (κ1) is 42.4. The third-order valence-electron chi connectivity index (χ3n) is 15.7. The second kappa shape index (κ2) is 16.5. The first-order chi connectivity index (χ1) is 30.4. The number of fused-ring (bicyclic) bond motifs is 4. The lowest BCUT2D eigenvalue weighted by molar-refractivity contribution is -0.136. The molecule has 2 spiro atoms. The van der Waals surface area contributed by atoms with Crippen molar-refractivity contribution in [2.45, 2.75) is 124 Å². The summed E-state index contributed by atoms with van der Waals surface area (Å²) >= 11 is 12.9. The number of aromatic nitrogens is 2. The van der Waals surface area contributed by atoms with Crippen molar-refractivity contribution in [1.82, 2.24) is 30.0 Å². The van der Waals surface area contributed by atoms with Gasteiger partial charge in [-0.3, -0.25) is 38.9 Å². The number of likely N-dealkylation sites (tertiary alicyclic amines) is 1. The van der Waals surface area contributed by atoms with E-state index in [4.69, 9.17) is 23.2 Å². The Morgan fingerprint density at radius 2 is 1.63 bits per heavy atom. The van der Waals surface area contributed by atoms with Gasteiger partial charge in [0.25, 0.3) is 0 Å². The van der Waals surface area contributed by atoms with Crippen molar-refractivity contribution in [2.75, 3.05) is 25.0 Å². The zero-order chi connectivity index (χ0) is 43.8. The Balaban J connectivity index is 0.801. The Morgan fingerprint density at radius 1 is 0.873 bits per heavy atom. The summed E-state index contributed by atoms with van der Waals surface area (Å²) in [6, 6.07) is 14.8. The average molecular weight is 899 g/mol. The van der Waals surface area contributed by atoms with Gasteiger partial charge in [-0.2, -0.15) is 0 Å². The highest BCUT2D eigenvalue weighted by Crippen LogP contribution is 2.63. The van der Waals surface area contributed by atoms with Crippen molar-refractivity contribution >= 4 is 63.6 Å². The van der Waals surface area contributed by atoms with Gasteiger partial charge in [0, 0.05) is 48.2 Å². The van der Waals surface area contributed by atoms with Crippen LogP contribution in [0.5, 0.6) is 0 Å². The highest BCUT2D eigenvalue weighted by Gasteiger charge is 2.72. The molecule has 0 radical (unpaired) electrons. The van der Waals surface area contributed by atoms with Crippen LogP contribution in [0, 0.1) is 11.7 Å². The Labute approximate surface area is 375 Å². The molecule has 10 rings (SSSR count). The quantitative estimate of drug-likeness (QED) is 0.147. The Bertz CT molecular complexity index is 2570. The Hall–Kier alpha value is -4.56. The summed E-state index contributed by atoms with van der Waals surface area (Å²) in [6.45, 7) is 2.94. The zero-order valence-electron chi connectivity index (χ0n) is 35.5. The summed E-state index contributed by atoms with van der Waals surface area (Å²) in [7, 11) is 1.73. The van der Waals surface area contributed by atoms with E-state index in [1.165, 1.54) is 16.2 Å². The number of benzene rings is 3. The number of piperidine rings is 2. The minimum absolute atomic E-state index is 0.0377. The average Bonchev–Trinajstić information content (AvgIpc) is 3.83. The van der Waals surface area contributed by atoms with Crippen molar-refractivity contribution in [3.8, 4) is 0 Å². The lowest BCUT2D eigenvalue weighted by Gasteiger charge is -2.47. The van der Waals surface area contributed by atoms with E-state index in [-0.39, 0.29) is 46.5 Å². The highest BCUT2D eigenvalue weighted by atomic mass is 35.5. The monoisotopic (exact) mass is 897 g/mol. The van der Waals surface area contributed by atoms with Crippen LogP contribution in [0.1, 0.15) is 118 Å². The van der Waals surface area contributed by atoms with Crippen LogP contribution in [-0.2, 0) is 31.6 Å². The molecular weight excluding hydrogens is 844 g/mol. The van der Waals surface area contributed by atoms with Gasteiger partial charge in [0.05, 0.1) is 22.1 Å². The number of imidazole rings is 1. The van der Waals surface area contributed by atoms with Gasteiger partial charge in [0.15, 0.2) is 0 Å². The molecule has 332 valence electrons. The van der Waals surface area contributed by atoms with Crippen LogP contribution in [-0.4, -0.2) is 74.9 Å². The summed E-state index contributed by atoms with van der Waals surface area (Å²) in [6.07, 6.45) is 10.3. The molecule has 3 aromatic carbocycles. The molecule has 4 N–H and O–H groups in total. The van der Waals surface area contributed by atoms with E-state index in [1.54, 1.807) is 35.9 Å². The second-order valence-electron chi connectivity index (χ2n) is 19.1. The molecule has 1 aromatic heterocycles. The predicted octanol–water partition coefficient (Wildman–Crippen LogP) is 6.97. The predicted molar refractivity (Wildman–Crippen MR) is 240 cm³/mol. The summed E-state index contributed by atoms with van der Waals surface area (Å²) in [5, 5.41) is 13.1. The van der Waals surface area contributed by atoms with Gasteiger partial charge >= 0.3 is 5.69 Å². The number of amides is 4. The second-order valence-corrected chi connectivity index (χ2v) is 19.9. The number of rotatable bonds is 7. The molecule has 4 aliphatic heterocycles. The number of halogens is 3. The van der Waals surface area contributed by atoms with Gasteiger partial charge in [-0.05, 0) is 130 Å². The minimum Gasteiger partial charge on any atom is -0.352 e. The molecule has 12 nitrogen and oxygen atoms in total. The SMILES string of the molecule is Cn1c(=O)n(C2CCC(=O)NC2=O)c2ccc(C3CCN(CC4CCC(NC(=O)[C@@H]5NC6(CCCCC6)[C@@]6(C(=O)Nc7cc(Cl)ccc76)[C@H]5c5cccc(Cl)c5F)CC4)CC3)cc21. The topological polar surface area (TPSA) is 147 Å². The van der Waals surface area contributed by atoms with E-state index in [9.17, 15) is 24.0 Å². The molecule has 1 unspecified atom stereocenters. The molecule has 3 saturated heterocycles. The van der Waals surface area contributed by atoms with Crippen molar-refractivity contribution in [2.24, 2.45) is 13.0 Å². The maximum absolute atomic E-state index is 16.3. The van der Waals surface area contributed by atoms with Crippen LogP contribution in [0.25, 0.3) is 11.0 Å². The van der Waals surface area contributed by atoms with Gasteiger partial charge in [0.2, 0.25) is 23.6 Å². The Kier molecular flexibility index (Phi) is 11.1. The summed E-state index contributed by atoms with van der Waals surface area (Å²) < 4.78 is 19.5. The molecule has 4 aromatic rings. The first-order valence-corrected chi connectivity index (χ1v) is 23.5. The number of nitrogens with one attached hydrogen (secondary N) is 4. The van der Waals surface area contributed by atoms with Gasteiger partial charge in [0.1, 0.15) is 17.3 Å². The van der Waals surface area contributed by atoms with Crippen LogP contribution in [0.15, 0.2) is 59.4 Å². The molecule has 4 amide bonds. The van der Waals surface area contributed by atoms with Gasteiger partial charge < -0.3 is 15.5 Å². The van der Waals surface area contributed by atoms with E-state index in [0.29, 0.717) is 47.3 Å². The maximum atomic E-state index is 16.3. The van der Waals surface area contributed by atoms with Gasteiger partial charge in [-0.15, -0.1) is 0 Å². The van der Waals surface area contributed by atoms with E-state index in [2.05, 4.69) is 38.3 Å². The van der Waals surface area contributed by atoms with Crippen LogP contribution in [0.3, 0.4) is 0 Å². The fourth-order valence-electron chi connectivity index (χ4n) is 12.7. The number of carbonyl (C=O) groups is 4. The Morgan fingerprint density at radius 3 is 2.38 bits per heavy atom. The molecule has 15 heteroatoms. The van der Waals surface area contributed by atoms with Gasteiger partial charge in [-0.1, -0.05) is 66.7 Å². The van der Waals surface area contributed by atoms with Crippen LogP contribution in [0.2, 0.25) is 10.0 Å². The smallest absolute Gasteiger partial charge is 0.329 e. The number of nitrogens with zero attached hydrogens (tertiary/aromatic N) is 3. The zero-order valence-corrected chi connectivity index (χ0v) is 37.0. The molecule has 0 bridgehead atoms. The molecule has 5 heterocycles. The molecule has 63 heavy (non-hydrogen) atoms. The standard InChI is InChI=1S/C48H54Cl2FN7O5/c1-56-38-24-29(10-15-36(38)58(46(56)63)37-16-17-39(59)54-43(37)60)28-18-22-57(23-19-28)26-27-8-12-31(13-9-27)52-44(61)42-40(32-6-5-7-34(50)41(32)51)48(47(55-42)20-3-2-4-21-47)33-14-11-30(49)25-35(33)53-45(48)62/h5-7,10-11,14-15,24-25,27-28,31,37,40,42,55H,2-4,8-9,12-13,16-23,26H2,1H3,(H,52,61)(H,53,62)(H,54,59,60)/t27?,31?,37?,40-,42+,48+/m0/s1. The van der Waals surface area contributed by atoms with E-state index in [0.717, 1.165) is 88.5 Å².